The number of benzene rings is 1. The van der Waals surface area contributed by atoms with Crippen LogP contribution in [-0.2, 0) is 0 Å². The minimum atomic E-state index is -0.668. The molecule has 14 heavy (non-hydrogen) atoms. The van der Waals surface area contributed by atoms with E-state index in [4.69, 9.17) is 5.11 Å². The minimum Gasteiger partial charge on any atom is -0.396 e. The number of hydrogen-bond donors (Lipinski definition) is 2. The first-order valence-corrected chi connectivity index (χ1v) is 4.67. The lowest BCUT2D eigenvalue weighted by atomic mass is 9.96. The first kappa shape index (κ1) is 11.0. The predicted octanol–water partition coefficient (Wildman–Crippen LogP) is 1.82. The molecule has 1 aromatic rings. The van der Waals surface area contributed by atoms with Crippen molar-refractivity contribution in [1.29, 1.82) is 0 Å². The van der Waals surface area contributed by atoms with Gasteiger partial charge in [-0.3, -0.25) is 0 Å². The summed E-state index contributed by atoms with van der Waals surface area (Å²) in [6.45, 7) is 5.48. The molecule has 76 valence electrons. The third-order valence-electron chi connectivity index (χ3n) is 2.34. The maximum atomic E-state index is 9.84. The third kappa shape index (κ3) is 2.44. The van der Waals surface area contributed by atoms with Crippen molar-refractivity contribution in [3.8, 4) is 0 Å². The zero-order chi connectivity index (χ0) is 10.6. The van der Waals surface area contributed by atoms with Crippen LogP contribution in [0, 0.1) is 12.8 Å². The van der Waals surface area contributed by atoms with Crippen LogP contribution in [0.3, 0.4) is 0 Å². The second kappa shape index (κ2) is 4.94. The summed E-state index contributed by atoms with van der Waals surface area (Å²) in [6, 6.07) is 7.62. The van der Waals surface area contributed by atoms with Gasteiger partial charge in [0.1, 0.15) is 0 Å². The van der Waals surface area contributed by atoms with Gasteiger partial charge in [0, 0.05) is 5.92 Å². The summed E-state index contributed by atoms with van der Waals surface area (Å²) >= 11 is 0. The van der Waals surface area contributed by atoms with Crippen molar-refractivity contribution in [1.82, 2.24) is 0 Å². The average Bonchev–Trinajstić information content (AvgIpc) is 2.20. The Hall–Kier alpha value is -1.12. The van der Waals surface area contributed by atoms with E-state index in [0.29, 0.717) is 0 Å². The lowest BCUT2D eigenvalue weighted by Crippen LogP contribution is -2.13. The molecule has 0 amide bonds. The summed E-state index contributed by atoms with van der Waals surface area (Å²) in [5.41, 5.74) is 1.97. The Morgan fingerprint density at radius 2 is 1.93 bits per heavy atom. The van der Waals surface area contributed by atoms with Crippen molar-refractivity contribution in [3.05, 3.63) is 48.0 Å². The molecule has 0 heterocycles. The van der Waals surface area contributed by atoms with Gasteiger partial charge in [-0.15, -0.1) is 6.58 Å². The summed E-state index contributed by atoms with van der Waals surface area (Å²) < 4.78 is 0. The fourth-order valence-corrected chi connectivity index (χ4v) is 1.31. The number of rotatable bonds is 4. The summed E-state index contributed by atoms with van der Waals surface area (Å²) in [4.78, 5) is 0. The van der Waals surface area contributed by atoms with Gasteiger partial charge < -0.3 is 10.2 Å². The van der Waals surface area contributed by atoms with Crippen LogP contribution in [0.4, 0.5) is 0 Å². The number of aliphatic hydroxyl groups is 2. The predicted molar refractivity (Wildman–Crippen MR) is 56.9 cm³/mol. The lowest BCUT2D eigenvalue weighted by molar-refractivity contribution is 0.0921. The standard InChI is InChI=1S/C12H16O2/c1-3-10(8-13)12(14)11-6-4-9(2)5-7-11/h3-7,10,12-14H,1,8H2,2H3/t10-,12+/m0/s1. The van der Waals surface area contributed by atoms with Crippen LogP contribution < -0.4 is 0 Å². The largest absolute Gasteiger partial charge is 0.396 e. The fraction of sp³-hybridized carbons (Fsp3) is 0.333. The SMILES string of the molecule is C=C[C@@H](CO)[C@@H](O)c1ccc(C)cc1. The zero-order valence-corrected chi connectivity index (χ0v) is 8.35. The van der Waals surface area contributed by atoms with E-state index in [-0.39, 0.29) is 12.5 Å². The topological polar surface area (TPSA) is 40.5 Å². The molecule has 0 radical (unpaired) electrons. The van der Waals surface area contributed by atoms with Crippen LogP contribution in [-0.4, -0.2) is 16.8 Å². The smallest absolute Gasteiger partial charge is 0.0874 e. The number of hydrogen-bond acceptors (Lipinski definition) is 2. The van der Waals surface area contributed by atoms with Crippen molar-refractivity contribution >= 4 is 0 Å². The molecular weight excluding hydrogens is 176 g/mol. The lowest BCUT2D eigenvalue weighted by Gasteiger charge is -2.17. The van der Waals surface area contributed by atoms with E-state index in [1.54, 1.807) is 6.08 Å². The zero-order valence-electron chi connectivity index (χ0n) is 8.35. The van der Waals surface area contributed by atoms with Gasteiger partial charge in [-0.25, -0.2) is 0 Å². The Morgan fingerprint density at radius 3 is 2.36 bits per heavy atom. The van der Waals surface area contributed by atoms with Crippen LogP contribution >= 0.6 is 0 Å². The van der Waals surface area contributed by atoms with Gasteiger partial charge in [-0.1, -0.05) is 35.9 Å². The molecule has 2 atom stereocenters. The minimum absolute atomic E-state index is 0.0848. The third-order valence-corrected chi connectivity index (χ3v) is 2.34. The maximum Gasteiger partial charge on any atom is 0.0874 e. The first-order chi connectivity index (χ1) is 6.69. The van der Waals surface area contributed by atoms with Crippen molar-refractivity contribution in [2.45, 2.75) is 13.0 Å². The van der Waals surface area contributed by atoms with E-state index in [1.165, 1.54) is 0 Å². The molecule has 0 bridgehead atoms. The molecule has 0 spiro atoms. The van der Waals surface area contributed by atoms with Gasteiger partial charge in [0.15, 0.2) is 0 Å². The molecule has 2 heteroatoms. The van der Waals surface area contributed by atoms with E-state index in [1.807, 2.05) is 31.2 Å². The van der Waals surface area contributed by atoms with Gasteiger partial charge in [0.2, 0.25) is 0 Å². The van der Waals surface area contributed by atoms with Crippen LogP contribution in [0.5, 0.6) is 0 Å². The quantitative estimate of drug-likeness (QED) is 0.714. The maximum absolute atomic E-state index is 9.84. The van der Waals surface area contributed by atoms with Gasteiger partial charge in [0.25, 0.3) is 0 Å². The van der Waals surface area contributed by atoms with Crippen molar-refractivity contribution < 1.29 is 10.2 Å². The highest BCUT2D eigenvalue weighted by Crippen LogP contribution is 2.22. The highest BCUT2D eigenvalue weighted by Gasteiger charge is 2.16. The van der Waals surface area contributed by atoms with Crippen LogP contribution in [0.2, 0.25) is 0 Å². The Kier molecular flexibility index (Phi) is 3.86. The second-order valence-electron chi connectivity index (χ2n) is 3.44. The Morgan fingerprint density at radius 1 is 1.36 bits per heavy atom. The van der Waals surface area contributed by atoms with Crippen LogP contribution in [0.1, 0.15) is 17.2 Å². The van der Waals surface area contributed by atoms with E-state index in [2.05, 4.69) is 6.58 Å². The first-order valence-electron chi connectivity index (χ1n) is 4.67. The molecular formula is C12H16O2. The molecule has 0 aromatic heterocycles. The van der Waals surface area contributed by atoms with Crippen LogP contribution in [0.25, 0.3) is 0 Å². The number of aliphatic hydroxyl groups excluding tert-OH is 2. The Balaban J connectivity index is 2.82. The van der Waals surface area contributed by atoms with Gasteiger partial charge in [0.05, 0.1) is 12.7 Å². The average molecular weight is 192 g/mol. The highest BCUT2D eigenvalue weighted by molar-refractivity contribution is 5.24. The molecule has 0 unspecified atom stereocenters. The molecule has 1 rings (SSSR count). The molecule has 0 aliphatic heterocycles. The van der Waals surface area contributed by atoms with Crippen molar-refractivity contribution in [2.24, 2.45) is 5.92 Å². The van der Waals surface area contributed by atoms with Gasteiger partial charge in [-0.2, -0.15) is 0 Å². The molecule has 0 aliphatic rings. The Labute approximate surface area is 84.5 Å². The van der Waals surface area contributed by atoms with E-state index in [0.717, 1.165) is 11.1 Å². The monoisotopic (exact) mass is 192 g/mol. The highest BCUT2D eigenvalue weighted by atomic mass is 16.3. The molecule has 0 saturated carbocycles. The van der Waals surface area contributed by atoms with Crippen molar-refractivity contribution in [3.63, 3.8) is 0 Å². The fourth-order valence-electron chi connectivity index (χ4n) is 1.31. The van der Waals surface area contributed by atoms with E-state index in [9.17, 15) is 5.11 Å². The molecule has 0 saturated heterocycles. The van der Waals surface area contributed by atoms with Gasteiger partial charge in [-0.05, 0) is 12.5 Å². The molecule has 0 fully saturated rings. The molecule has 2 nitrogen and oxygen atoms in total. The van der Waals surface area contributed by atoms with Crippen molar-refractivity contribution in [2.75, 3.05) is 6.61 Å². The molecule has 1 aromatic carbocycles. The summed E-state index contributed by atoms with van der Waals surface area (Å²) in [7, 11) is 0. The molecule has 2 N–H and O–H groups in total. The number of aryl methyl sites for hydroxylation is 1. The molecule has 0 aliphatic carbocycles. The summed E-state index contributed by atoms with van der Waals surface area (Å²) in [5, 5.41) is 18.8. The van der Waals surface area contributed by atoms with E-state index < -0.39 is 6.10 Å². The van der Waals surface area contributed by atoms with E-state index >= 15 is 0 Å². The normalized spacial score (nSPS) is 14.8. The van der Waals surface area contributed by atoms with Gasteiger partial charge >= 0.3 is 0 Å². The summed E-state index contributed by atoms with van der Waals surface area (Å²) in [6.07, 6.45) is 0.906. The Bertz CT molecular complexity index is 290. The second-order valence-corrected chi connectivity index (χ2v) is 3.44. The van der Waals surface area contributed by atoms with Crippen LogP contribution in [0.15, 0.2) is 36.9 Å². The summed E-state index contributed by atoms with van der Waals surface area (Å²) in [5.74, 6) is -0.294.